The van der Waals surface area contributed by atoms with Gasteiger partial charge in [-0.15, -0.1) is 11.3 Å². The van der Waals surface area contributed by atoms with Gasteiger partial charge in [-0.05, 0) is 29.7 Å². The molecular formula is C13H13BrN2O2S. The lowest BCUT2D eigenvalue weighted by Crippen LogP contribution is -2.48. The highest BCUT2D eigenvalue weighted by Crippen LogP contribution is 2.34. The molecule has 0 spiro atoms. The average Bonchev–Trinajstić information content (AvgIpc) is 2.81. The Morgan fingerprint density at radius 3 is 2.63 bits per heavy atom. The molecule has 100 valence electrons. The highest BCUT2D eigenvalue weighted by molar-refractivity contribution is 9.10. The maximum Gasteiger partial charge on any atom is 0.407 e. The summed E-state index contributed by atoms with van der Waals surface area (Å²) in [6, 6.07) is 8.45. The molecule has 1 saturated heterocycles. The molecule has 0 bridgehead atoms. The summed E-state index contributed by atoms with van der Waals surface area (Å²) in [7, 11) is 0. The lowest BCUT2D eigenvalue weighted by atomic mass is 10.2. The SMILES string of the molecule is O=C(O)N1CCN(c2cc3cc(Br)ccc3s2)CC1. The van der Waals surface area contributed by atoms with Gasteiger partial charge < -0.3 is 14.9 Å². The number of amides is 1. The number of carbonyl (C=O) groups is 1. The van der Waals surface area contributed by atoms with Crippen LogP contribution in [0.3, 0.4) is 0 Å². The predicted octanol–water partition coefficient (Wildman–Crippen LogP) is 3.46. The van der Waals surface area contributed by atoms with E-state index in [9.17, 15) is 4.79 Å². The number of hydrogen-bond acceptors (Lipinski definition) is 3. The Hall–Kier alpha value is -1.27. The molecule has 2 heterocycles. The normalized spacial score (nSPS) is 16.1. The van der Waals surface area contributed by atoms with Gasteiger partial charge in [0.1, 0.15) is 0 Å². The summed E-state index contributed by atoms with van der Waals surface area (Å²) < 4.78 is 2.35. The van der Waals surface area contributed by atoms with Crippen LogP contribution in [-0.2, 0) is 0 Å². The summed E-state index contributed by atoms with van der Waals surface area (Å²) in [5.41, 5.74) is 0. The molecule has 3 rings (SSSR count). The van der Waals surface area contributed by atoms with E-state index >= 15 is 0 Å². The summed E-state index contributed by atoms with van der Waals surface area (Å²) in [6.07, 6.45) is -0.820. The van der Waals surface area contributed by atoms with E-state index in [1.807, 2.05) is 6.07 Å². The van der Waals surface area contributed by atoms with Gasteiger partial charge in [-0.1, -0.05) is 15.9 Å². The lowest BCUT2D eigenvalue weighted by Gasteiger charge is -2.33. The third-order valence-electron chi connectivity index (χ3n) is 3.33. The minimum Gasteiger partial charge on any atom is -0.465 e. The zero-order valence-corrected chi connectivity index (χ0v) is 12.6. The van der Waals surface area contributed by atoms with E-state index in [1.165, 1.54) is 20.0 Å². The van der Waals surface area contributed by atoms with E-state index in [-0.39, 0.29) is 0 Å². The van der Waals surface area contributed by atoms with Crippen molar-refractivity contribution in [1.29, 1.82) is 0 Å². The Labute approximate surface area is 123 Å². The second-order valence-corrected chi connectivity index (χ2v) is 6.50. The molecule has 6 heteroatoms. The van der Waals surface area contributed by atoms with E-state index < -0.39 is 6.09 Å². The topological polar surface area (TPSA) is 43.8 Å². The van der Waals surface area contributed by atoms with Crippen molar-refractivity contribution in [3.8, 4) is 0 Å². The minimum absolute atomic E-state index is 0.577. The van der Waals surface area contributed by atoms with Crippen LogP contribution >= 0.6 is 27.3 Å². The Morgan fingerprint density at radius 2 is 1.95 bits per heavy atom. The molecule has 1 N–H and O–H groups in total. The number of thiophene rings is 1. The number of rotatable bonds is 1. The number of halogens is 1. The molecule has 1 aromatic heterocycles. The first kappa shape index (κ1) is 12.7. The monoisotopic (exact) mass is 340 g/mol. The van der Waals surface area contributed by atoms with Crippen LogP contribution in [0.4, 0.5) is 9.80 Å². The van der Waals surface area contributed by atoms with Crippen molar-refractivity contribution in [1.82, 2.24) is 4.90 Å². The molecule has 19 heavy (non-hydrogen) atoms. The summed E-state index contributed by atoms with van der Waals surface area (Å²) in [5.74, 6) is 0. The van der Waals surface area contributed by atoms with Gasteiger partial charge in [-0.25, -0.2) is 4.79 Å². The highest BCUT2D eigenvalue weighted by Gasteiger charge is 2.21. The fraction of sp³-hybridized carbons (Fsp3) is 0.308. The van der Waals surface area contributed by atoms with E-state index in [2.05, 4.69) is 39.0 Å². The van der Waals surface area contributed by atoms with Gasteiger partial charge in [0.2, 0.25) is 0 Å². The van der Waals surface area contributed by atoms with Crippen molar-refractivity contribution in [3.05, 3.63) is 28.7 Å². The molecule has 0 atom stereocenters. The van der Waals surface area contributed by atoms with E-state index in [4.69, 9.17) is 5.11 Å². The maximum atomic E-state index is 10.9. The van der Waals surface area contributed by atoms with Crippen molar-refractivity contribution in [2.24, 2.45) is 0 Å². The van der Waals surface area contributed by atoms with Gasteiger partial charge >= 0.3 is 6.09 Å². The zero-order chi connectivity index (χ0) is 13.4. The van der Waals surface area contributed by atoms with Gasteiger partial charge in [0.15, 0.2) is 0 Å². The van der Waals surface area contributed by atoms with Crippen LogP contribution in [0.5, 0.6) is 0 Å². The van der Waals surface area contributed by atoms with Crippen LogP contribution in [0.2, 0.25) is 0 Å². The molecule has 0 saturated carbocycles. The van der Waals surface area contributed by atoms with E-state index in [0.717, 1.165) is 17.6 Å². The maximum absolute atomic E-state index is 10.9. The highest BCUT2D eigenvalue weighted by atomic mass is 79.9. The molecule has 0 radical (unpaired) electrons. The van der Waals surface area contributed by atoms with Crippen LogP contribution in [0.15, 0.2) is 28.7 Å². The number of benzene rings is 1. The summed E-state index contributed by atoms with van der Waals surface area (Å²) in [5, 5.41) is 11.4. The second kappa shape index (κ2) is 5.02. The van der Waals surface area contributed by atoms with Crippen LogP contribution in [0, 0.1) is 0 Å². The van der Waals surface area contributed by atoms with Gasteiger partial charge in [-0.3, -0.25) is 0 Å². The third-order valence-corrected chi connectivity index (χ3v) is 5.00. The molecule has 1 amide bonds. The van der Waals surface area contributed by atoms with Gasteiger partial charge in [-0.2, -0.15) is 0 Å². The van der Waals surface area contributed by atoms with Gasteiger partial charge in [0, 0.05) is 35.4 Å². The summed E-state index contributed by atoms with van der Waals surface area (Å²) in [4.78, 5) is 14.6. The molecule has 4 nitrogen and oxygen atoms in total. The second-order valence-electron chi connectivity index (χ2n) is 4.52. The van der Waals surface area contributed by atoms with Crippen LogP contribution in [0.25, 0.3) is 10.1 Å². The van der Waals surface area contributed by atoms with Crippen molar-refractivity contribution in [2.45, 2.75) is 0 Å². The minimum atomic E-state index is -0.820. The number of nitrogens with zero attached hydrogens (tertiary/aromatic N) is 2. The lowest BCUT2D eigenvalue weighted by molar-refractivity contribution is 0.142. The standard InChI is InChI=1S/C13H13BrN2O2S/c14-10-1-2-11-9(7-10)8-12(19-11)15-3-5-16(6-4-15)13(17)18/h1-2,7-8H,3-6H2,(H,17,18). The molecular weight excluding hydrogens is 328 g/mol. The van der Waals surface area contributed by atoms with Crippen molar-refractivity contribution in [3.63, 3.8) is 0 Å². The van der Waals surface area contributed by atoms with Crippen molar-refractivity contribution >= 4 is 48.4 Å². The Bertz CT molecular complexity index is 620. The fourth-order valence-corrected chi connectivity index (χ4v) is 3.75. The Morgan fingerprint density at radius 1 is 1.21 bits per heavy atom. The Kier molecular flexibility index (Phi) is 3.36. The number of carboxylic acid groups (broad SMARTS) is 1. The first-order valence-electron chi connectivity index (χ1n) is 6.05. The fourth-order valence-electron chi connectivity index (χ4n) is 2.27. The molecule has 1 aliphatic rings. The van der Waals surface area contributed by atoms with Crippen LogP contribution in [0.1, 0.15) is 0 Å². The molecule has 1 aromatic carbocycles. The quantitative estimate of drug-likeness (QED) is 0.864. The van der Waals surface area contributed by atoms with Crippen molar-refractivity contribution in [2.75, 3.05) is 31.1 Å². The molecule has 1 fully saturated rings. The molecule has 1 aliphatic heterocycles. The van der Waals surface area contributed by atoms with Gasteiger partial charge in [0.05, 0.1) is 5.00 Å². The van der Waals surface area contributed by atoms with Crippen LogP contribution in [-0.4, -0.2) is 42.3 Å². The number of anilines is 1. The predicted molar refractivity (Wildman–Crippen MR) is 81.3 cm³/mol. The zero-order valence-electron chi connectivity index (χ0n) is 10.2. The van der Waals surface area contributed by atoms with Gasteiger partial charge in [0.25, 0.3) is 0 Å². The first-order chi connectivity index (χ1) is 9.13. The first-order valence-corrected chi connectivity index (χ1v) is 7.66. The van der Waals surface area contributed by atoms with E-state index in [1.54, 1.807) is 11.3 Å². The Balaban J connectivity index is 1.80. The molecule has 0 unspecified atom stereocenters. The summed E-state index contributed by atoms with van der Waals surface area (Å²) in [6.45, 7) is 2.68. The molecule has 0 aliphatic carbocycles. The smallest absolute Gasteiger partial charge is 0.407 e. The molecule has 2 aromatic rings. The third kappa shape index (κ3) is 2.55. The largest absolute Gasteiger partial charge is 0.465 e. The van der Waals surface area contributed by atoms with Crippen LogP contribution < -0.4 is 4.90 Å². The summed E-state index contributed by atoms with van der Waals surface area (Å²) >= 11 is 5.24. The van der Waals surface area contributed by atoms with Crippen molar-refractivity contribution < 1.29 is 9.90 Å². The average molecular weight is 341 g/mol. The number of fused-ring (bicyclic) bond motifs is 1. The number of piperazine rings is 1. The van der Waals surface area contributed by atoms with E-state index in [0.29, 0.717) is 13.1 Å². The number of hydrogen-bond donors (Lipinski definition) is 1.